The summed E-state index contributed by atoms with van der Waals surface area (Å²) in [4.78, 5) is 42.0. The van der Waals surface area contributed by atoms with E-state index in [1.54, 1.807) is 0 Å². The molecule has 2 amide bonds. The molecular weight excluding hydrogens is 615 g/mol. The number of carbonyl (C=O) groups excluding carboxylic acids is 2. The van der Waals surface area contributed by atoms with Crippen LogP contribution < -0.4 is 49.5 Å². The minimum absolute atomic E-state index is 0.0765. The summed E-state index contributed by atoms with van der Waals surface area (Å²) < 4.78 is 0. The van der Waals surface area contributed by atoms with Crippen LogP contribution in [-0.2, 0) is 0 Å². The second-order valence-electron chi connectivity index (χ2n) is 9.91. The van der Waals surface area contributed by atoms with Gasteiger partial charge in [0.15, 0.2) is 56.9 Å². The highest BCUT2D eigenvalue weighted by atomic mass is 35.5. The highest BCUT2D eigenvalue weighted by molar-refractivity contribution is 6.32. The van der Waals surface area contributed by atoms with Gasteiger partial charge in [-0.2, -0.15) is 0 Å². The summed E-state index contributed by atoms with van der Waals surface area (Å²) in [6.07, 6.45) is 4.56. The highest BCUT2D eigenvalue weighted by Gasteiger charge is 2.20. The van der Waals surface area contributed by atoms with E-state index in [9.17, 15) is 9.59 Å². The number of aromatic nitrogens is 4. The smallest absolute Gasteiger partial charge is 0.280 e. The van der Waals surface area contributed by atoms with Crippen LogP contribution in [0.3, 0.4) is 0 Å². The van der Waals surface area contributed by atoms with Crippen molar-refractivity contribution in [1.29, 1.82) is 10.8 Å². The first-order valence-electron chi connectivity index (χ1n) is 13.8. The van der Waals surface area contributed by atoms with Crippen LogP contribution in [0, 0.1) is 10.8 Å². The van der Waals surface area contributed by atoms with E-state index in [1.165, 1.54) is 0 Å². The number of piperidine rings is 1. The number of nitrogens with two attached hydrogens (primary N) is 4. The van der Waals surface area contributed by atoms with Gasteiger partial charge in [-0.1, -0.05) is 23.2 Å². The predicted octanol–water partition coefficient (Wildman–Crippen LogP) is -0.665. The Morgan fingerprint density at radius 3 is 1.68 bits per heavy atom. The van der Waals surface area contributed by atoms with Gasteiger partial charge in [-0.3, -0.25) is 31.0 Å². The highest BCUT2D eigenvalue weighted by Crippen LogP contribution is 2.18. The maximum absolute atomic E-state index is 12.3. The minimum Gasteiger partial charge on any atom is -0.382 e. The van der Waals surface area contributed by atoms with E-state index >= 15 is 0 Å². The molecule has 240 valence electrons. The van der Waals surface area contributed by atoms with Gasteiger partial charge in [0, 0.05) is 19.1 Å². The summed E-state index contributed by atoms with van der Waals surface area (Å²) in [5.41, 5.74) is 21.9. The number of unbranched alkanes of at least 4 members (excludes halogenated alkanes) is 1. The zero-order chi connectivity index (χ0) is 32.2. The zero-order valence-corrected chi connectivity index (χ0v) is 25.5. The number of nitrogens with zero attached hydrogens (tertiary/aromatic N) is 5. The Balaban J connectivity index is 1.20. The Morgan fingerprint density at radius 1 is 0.727 bits per heavy atom. The molecule has 0 aromatic carbocycles. The van der Waals surface area contributed by atoms with E-state index in [0.29, 0.717) is 19.1 Å². The molecule has 20 heteroatoms. The third-order valence-corrected chi connectivity index (χ3v) is 7.15. The molecule has 1 aliphatic rings. The molecule has 18 nitrogen and oxygen atoms in total. The summed E-state index contributed by atoms with van der Waals surface area (Å²) in [6, 6.07) is 0.439. The molecule has 3 heterocycles. The molecule has 1 fully saturated rings. The molecule has 1 saturated heterocycles. The normalized spacial score (nSPS) is 13.7. The molecule has 0 radical (unpaired) electrons. The number of rotatable bonds is 12. The van der Waals surface area contributed by atoms with E-state index in [-0.39, 0.29) is 56.9 Å². The standard InChI is InChI=1S/C24H38Cl2N16O2/c25-15-19(29)38-17(27)13(36-15)21(43)40-23(31)34-7-2-1-6-33-12-4-10-42(11-5-12)9-3-8-35-24(32)41-22(44)14-18(28)39-20(30)16(26)37-14/h12,33H,1-11H2,(H4,27,29,38)(H4,28,30,39)(H3,31,34,40,43)(H3,32,35,41,44). The van der Waals surface area contributed by atoms with Gasteiger partial charge in [-0.15, -0.1) is 0 Å². The maximum Gasteiger partial charge on any atom is 0.280 e. The maximum atomic E-state index is 12.3. The van der Waals surface area contributed by atoms with E-state index in [4.69, 9.17) is 57.0 Å². The first kappa shape index (κ1) is 34.2. The summed E-state index contributed by atoms with van der Waals surface area (Å²) in [7, 11) is 0. The van der Waals surface area contributed by atoms with Crippen LogP contribution in [0.2, 0.25) is 10.3 Å². The van der Waals surface area contributed by atoms with Crippen molar-refractivity contribution in [3.05, 3.63) is 21.7 Å². The summed E-state index contributed by atoms with van der Waals surface area (Å²) in [5, 5.41) is 29.6. The third-order valence-electron chi connectivity index (χ3n) is 6.60. The van der Waals surface area contributed by atoms with Crippen molar-refractivity contribution in [3.63, 3.8) is 0 Å². The average molecular weight is 654 g/mol. The lowest BCUT2D eigenvalue weighted by Gasteiger charge is -2.32. The van der Waals surface area contributed by atoms with Crippen molar-refractivity contribution in [2.45, 2.75) is 38.1 Å². The van der Waals surface area contributed by atoms with Crippen LogP contribution in [0.5, 0.6) is 0 Å². The number of nitrogen functional groups attached to an aromatic ring is 4. The van der Waals surface area contributed by atoms with Gasteiger partial charge in [0.05, 0.1) is 0 Å². The topological polar surface area (TPSA) is 301 Å². The van der Waals surface area contributed by atoms with Crippen LogP contribution in [0.4, 0.5) is 23.3 Å². The lowest BCUT2D eigenvalue weighted by Crippen LogP contribution is -2.44. The second kappa shape index (κ2) is 16.6. The SMILES string of the molecule is N=C(NCCCCNC1CCN(CCCNC(=N)NC(=O)c2nc(Cl)c(N)nc2N)CC1)NC(=O)c1nc(Cl)c(N)nc1N. The van der Waals surface area contributed by atoms with Gasteiger partial charge in [0.2, 0.25) is 0 Å². The van der Waals surface area contributed by atoms with Crippen LogP contribution in [0.1, 0.15) is 53.1 Å². The lowest BCUT2D eigenvalue weighted by molar-refractivity contribution is 0.0963. The van der Waals surface area contributed by atoms with Crippen molar-refractivity contribution in [2.24, 2.45) is 0 Å². The first-order chi connectivity index (χ1) is 20.9. The lowest BCUT2D eigenvalue weighted by atomic mass is 10.0. The molecule has 3 rings (SSSR count). The monoisotopic (exact) mass is 652 g/mol. The van der Waals surface area contributed by atoms with Crippen LogP contribution in [0.25, 0.3) is 0 Å². The van der Waals surface area contributed by atoms with Gasteiger partial charge < -0.3 is 43.8 Å². The van der Waals surface area contributed by atoms with E-state index < -0.39 is 11.8 Å². The van der Waals surface area contributed by atoms with Crippen LogP contribution in [-0.4, -0.2) is 93.9 Å². The first-order valence-corrected chi connectivity index (χ1v) is 14.6. The number of likely N-dealkylation sites (tertiary alicyclic amines) is 1. The number of halogens is 2. The van der Waals surface area contributed by atoms with Crippen LogP contribution >= 0.6 is 23.2 Å². The van der Waals surface area contributed by atoms with E-state index in [1.807, 2.05) is 0 Å². The molecule has 0 spiro atoms. The number of amides is 2. The molecule has 2 aromatic rings. The van der Waals surface area contributed by atoms with Crippen molar-refractivity contribution in [1.82, 2.24) is 51.4 Å². The fourth-order valence-corrected chi connectivity index (χ4v) is 4.55. The number of hydrogen-bond donors (Lipinski definition) is 11. The Hall–Kier alpha value is -4.26. The number of carbonyl (C=O) groups is 2. The molecule has 0 atom stereocenters. The molecule has 1 aliphatic heterocycles. The Kier molecular flexibility index (Phi) is 12.9. The molecule has 2 aromatic heterocycles. The molecule has 0 aliphatic carbocycles. The summed E-state index contributed by atoms with van der Waals surface area (Å²) in [6.45, 7) is 4.66. The number of anilines is 4. The van der Waals surface area contributed by atoms with Gasteiger partial charge >= 0.3 is 0 Å². The van der Waals surface area contributed by atoms with Gasteiger partial charge in [0.1, 0.15) is 0 Å². The van der Waals surface area contributed by atoms with Gasteiger partial charge in [-0.25, -0.2) is 19.9 Å². The molecule has 0 saturated carbocycles. The Bertz CT molecular complexity index is 1350. The minimum atomic E-state index is -0.704. The van der Waals surface area contributed by atoms with Crippen molar-refractivity contribution in [2.75, 3.05) is 62.2 Å². The molecule has 0 bridgehead atoms. The summed E-state index contributed by atoms with van der Waals surface area (Å²) in [5.74, 6) is -2.25. The molecule has 0 unspecified atom stereocenters. The quantitative estimate of drug-likeness (QED) is 0.0770. The largest absolute Gasteiger partial charge is 0.382 e. The number of hydrogen-bond acceptors (Lipinski definition) is 14. The van der Waals surface area contributed by atoms with Crippen molar-refractivity contribution < 1.29 is 9.59 Å². The van der Waals surface area contributed by atoms with Crippen molar-refractivity contribution >= 4 is 70.2 Å². The van der Waals surface area contributed by atoms with Gasteiger partial charge in [-0.05, 0) is 58.3 Å². The second-order valence-corrected chi connectivity index (χ2v) is 10.6. The fraction of sp³-hybridized carbons (Fsp3) is 0.500. The van der Waals surface area contributed by atoms with E-state index in [0.717, 1.165) is 58.3 Å². The third kappa shape index (κ3) is 10.5. The Morgan fingerprint density at radius 2 is 1.18 bits per heavy atom. The fourth-order valence-electron chi connectivity index (χ4n) is 4.30. The van der Waals surface area contributed by atoms with Crippen LogP contribution in [0.15, 0.2) is 0 Å². The van der Waals surface area contributed by atoms with E-state index in [2.05, 4.69) is 51.4 Å². The van der Waals surface area contributed by atoms with Crippen molar-refractivity contribution in [3.8, 4) is 0 Å². The predicted molar refractivity (Wildman–Crippen MR) is 169 cm³/mol. The number of nitrogens with one attached hydrogen (secondary N) is 7. The zero-order valence-electron chi connectivity index (χ0n) is 24.0. The number of guanidine groups is 2. The van der Waals surface area contributed by atoms with Gasteiger partial charge in [0.25, 0.3) is 11.8 Å². The average Bonchev–Trinajstić information content (AvgIpc) is 2.97. The molecule has 44 heavy (non-hydrogen) atoms. The Labute approximate surface area is 263 Å². The summed E-state index contributed by atoms with van der Waals surface area (Å²) >= 11 is 11.6. The molecule has 15 N–H and O–H groups in total. The molecular formula is C24H38Cl2N16O2.